The first-order chi connectivity index (χ1) is 6.79. The lowest BCUT2D eigenvalue weighted by molar-refractivity contribution is -0.143. The summed E-state index contributed by atoms with van der Waals surface area (Å²) in [6.45, 7) is 5.69. The van der Waals surface area contributed by atoms with Crippen LogP contribution in [0.2, 0.25) is 0 Å². The summed E-state index contributed by atoms with van der Waals surface area (Å²) in [5.74, 6) is -0.0264. The number of likely N-dealkylation sites (N-methyl/N-ethyl adjacent to an activating group) is 1. The van der Waals surface area contributed by atoms with Gasteiger partial charge in [0.15, 0.2) is 0 Å². The molecule has 1 rings (SSSR count). The van der Waals surface area contributed by atoms with Crippen LogP contribution in [0, 0.1) is 0 Å². The van der Waals surface area contributed by atoms with E-state index in [4.69, 9.17) is 4.74 Å². The molecular weight excluding hydrogens is 194 g/mol. The van der Waals surface area contributed by atoms with Gasteiger partial charge in [-0.25, -0.2) is 0 Å². The third kappa shape index (κ3) is 3.80. The number of amides is 1. The second kappa shape index (κ2) is 4.49. The molecule has 0 aromatic heterocycles. The van der Waals surface area contributed by atoms with Crippen molar-refractivity contribution in [1.29, 1.82) is 0 Å². The molecule has 1 aliphatic heterocycles. The average Bonchev–Trinajstić information content (AvgIpc) is 2.47. The van der Waals surface area contributed by atoms with Crippen molar-refractivity contribution in [3.05, 3.63) is 0 Å². The summed E-state index contributed by atoms with van der Waals surface area (Å²) >= 11 is 0. The maximum Gasteiger partial charge on any atom is 0.251 e. The normalized spacial score (nSPS) is 26.7. The Labute approximate surface area is 91.2 Å². The zero-order valence-electron chi connectivity index (χ0n) is 9.99. The molecule has 1 saturated heterocycles. The van der Waals surface area contributed by atoms with E-state index in [-0.39, 0.29) is 18.1 Å². The van der Waals surface area contributed by atoms with Crippen LogP contribution >= 0.6 is 0 Å². The molecule has 15 heavy (non-hydrogen) atoms. The van der Waals surface area contributed by atoms with Crippen LogP contribution in [0.25, 0.3) is 0 Å². The van der Waals surface area contributed by atoms with Crippen LogP contribution in [0.15, 0.2) is 0 Å². The van der Waals surface area contributed by atoms with Gasteiger partial charge in [-0.2, -0.15) is 0 Å². The molecule has 0 bridgehead atoms. The van der Waals surface area contributed by atoms with Crippen molar-refractivity contribution in [2.24, 2.45) is 0 Å². The van der Waals surface area contributed by atoms with Crippen molar-refractivity contribution in [2.75, 3.05) is 13.6 Å². The lowest BCUT2D eigenvalue weighted by Gasteiger charge is -2.27. The number of aliphatic hydroxyl groups is 1. The van der Waals surface area contributed by atoms with Gasteiger partial charge < -0.3 is 14.7 Å². The SMILES string of the molecule is CC1CCC(C(=O)N(C)CC(C)(C)O)O1. The predicted molar refractivity (Wildman–Crippen MR) is 57.5 cm³/mol. The number of hydrogen-bond acceptors (Lipinski definition) is 3. The number of hydrogen-bond donors (Lipinski definition) is 1. The minimum Gasteiger partial charge on any atom is -0.389 e. The molecule has 4 nitrogen and oxygen atoms in total. The van der Waals surface area contributed by atoms with E-state index in [1.54, 1.807) is 25.8 Å². The molecule has 1 aliphatic rings. The summed E-state index contributed by atoms with van der Waals surface area (Å²) in [4.78, 5) is 13.4. The first kappa shape index (κ1) is 12.5. The van der Waals surface area contributed by atoms with Gasteiger partial charge in [-0.1, -0.05) is 0 Å². The molecule has 0 aliphatic carbocycles. The van der Waals surface area contributed by atoms with Crippen molar-refractivity contribution in [2.45, 2.75) is 51.4 Å². The van der Waals surface area contributed by atoms with E-state index in [9.17, 15) is 9.90 Å². The smallest absolute Gasteiger partial charge is 0.251 e. The first-order valence-electron chi connectivity index (χ1n) is 5.42. The van der Waals surface area contributed by atoms with Crippen molar-refractivity contribution in [3.8, 4) is 0 Å². The quantitative estimate of drug-likeness (QED) is 0.757. The molecule has 2 unspecified atom stereocenters. The molecule has 1 fully saturated rings. The largest absolute Gasteiger partial charge is 0.389 e. The first-order valence-corrected chi connectivity index (χ1v) is 5.42. The Kier molecular flexibility index (Phi) is 3.73. The van der Waals surface area contributed by atoms with Crippen LogP contribution in [0.3, 0.4) is 0 Å². The molecule has 0 radical (unpaired) electrons. The maximum absolute atomic E-state index is 11.9. The average molecular weight is 215 g/mol. The van der Waals surface area contributed by atoms with Crippen LogP contribution in [0.5, 0.6) is 0 Å². The fraction of sp³-hybridized carbons (Fsp3) is 0.909. The Bertz CT molecular complexity index is 234. The van der Waals surface area contributed by atoms with E-state index in [1.807, 2.05) is 6.92 Å². The number of carbonyl (C=O) groups excluding carboxylic acids is 1. The number of ether oxygens (including phenoxy) is 1. The van der Waals surface area contributed by atoms with Gasteiger partial charge >= 0.3 is 0 Å². The van der Waals surface area contributed by atoms with Crippen molar-refractivity contribution in [3.63, 3.8) is 0 Å². The lowest BCUT2D eigenvalue weighted by atomic mass is 10.1. The van der Waals surface area contributed by atoms with Gasteiger partial charge in [0.1, 0.15) is 6.10 Å². The Balaban J connectivity index is 2.46. The van der Waals surface area contributed by atoms with Crippen LogP contribution in [0.1, 0.15) is 33.6 Å². The fourth-order valence-corrected chi connectivity index (χ4v) is 1.89. The molecular formula is C11H21NO3. The molecule has 0 aromatic carbocycles. The number of rotatable bonds is 3. The van der Waals surface area contributed by atoms with Gasteiger partial charge in [-0.3, -0.25) is 4.79 Å². The maximum atomic E-state index is 11.9. The summed E-state index contributed by atoms with van der Waals surface area (Å²) in [5, 5.41) is 9.60. The minimum absolute atomic E-state index is 0.0264. The molecule has 1 heterocycles. The summed E-state index contributed by atoms with van der Waals surface area (Å²) < 4.78 is 5.49. The topological polar surface area (TPSA) is 49.8 Å². The van der Waals surface area contributed by atoms with Crippen LogP contribution in [0.4, 0.5) is 0 Å². The highest BCUT2D eigenvalue weighted by Gasteiger charge is 2.31. The predicted octanol–water partition coefficient (Wildman–Crippen LogP) is 0.783. The Morgan fingerprint density at radius 1 is 1.53 bits per heavy atom. The van der Waals surface area contributed by atoms with Gasteiger partial charge in [0.2, 0.25) is 0 Å². The molecule has 88 valence electrons. The highest BCUT2D eigenvalue weighted by Crippen LogP contribution is 2.21. The fourth-order valence-electron chi connectivity index (χ4n) is 1.89. The van der Waals surface area contributed by atoms with E-state index in [1.165, 1.54) is 0 Å². The van der Waals surface area contributed by atoms with E-state index >= 15 is 0 Å². The van der Waals surface area contributed by atoms with Gasteiger partial charge in [0.05, 0.1) is 11.7 Å². The second-order valence-corrected chi connectivity index (χ2v) is 5.02. The molecule has 4 heteroatoms. The zero-order valence-corrected chi connectivity index (χ0v) is 9.99. The molecule has 1 amide bonds. The van der Waals surface area contributed by atoms with Gasteiger partial charge in [-0.15, -0.1) is 0 Å². The van der Waals surface area contributed by atoms with Gasteiger partial charge in [-0.05, 0) is 33.6 Å². The van der Waals surface area contributed by atoms with Gasteiger partial charge in [0, 0.05) is 13.6 Å². The molecule has 0 spiro atoms. The molecule has 1 N–H and O–H groups in total. The minimum atomic E-state index is -0.853. The number of nitrogens with zero attached hydrogens (tertiary/aromatic N) is 1. The summed E-state index contributed by atoms with van der Waals surface area (Å²) in [6.07, 6.45) is 1.59. The molecule has 2 atom stereocenters. The van der Waals surface area contributed by atoms with Crippen LogP contribution in [-0.2, 0) is 9.53 Å². The second-order valence-electron chi connectivity index (χ2n) is 5.02. The number of carbonyl (C=O) groups is 1. The van der Waals surface area contributed by atoms with E-state index < -0.39 is 5.60 Å². The highest BCUT2D eigenvalue weighted by atomic mass is 16.5. The summed E-state index contributed by atoms with van der Waals surface area (Å²) in [7, 11) is 1.70. The highest BCUT2D eigenvalue weighted by molar-refractivity contribution is 5.81. The van der Waals surface area contributed by atoms with Crippen LogP contribution in [-0.4, -0.2) is 47.3 Å². The molecule has 0 aromatic rings. The lowest BCUT2D eigenvalue weighted by Crippen LogP contribution is -2.44. The van der Waals surface area contributed by atoms with Crippen LogP contribution < -0.4 is 0 Å². The van der Waals surface area contributed by atoms with Gasteiger partial charge in [0.25, 0.3) is 5.91 Å². The van der Waals surface area contributed by atoms with E-state index in [0.717, 1.165) is 12.8 Å². The van der Waals surface area contributed by atoms with Crippen molar-refractivity contribution < 1.29 is 14.6 Å². The summed E-state index contributed by atoms with van der Waals surface area (Å²) in [5.41, 5.74) is -0.853. The summed E-state index contributed by atoms with van der Waals surface area (Å²) in [6, 6.07) is 0. The molecule has 0 saturated carbocycles. The monoisotopic (exact) mass is 215 g/mol. The van der Waals surface area contributed by atoms with E-state index in [2.05, 4.69) is 0 Å². The van der Waals surface area contributed by atoms with Crippen molar-refractivity contribution >= 4 is 5.91 Å². The third-order valence-electron chi connectivity index (χ3n) is 2.51. The van der Waals surface area contributed by atoms with Crippen molar-refractivity contribution in [1.82, 2.24) is 4.90 Å². The Hall–Kier alpha value is -0.610. The standard InChI is InChI=1S/C11H21NO3/c1-8-5-6-9(15-8)10(13)12(4)7-11(2,3)14/h8-9,14H,5-7H2,1-4H3. The zero-order chi connectivity index (χ0) is 11.6. The van der Waals surface area contributed by atoms with E-state index in [0.29, 0.717) is 6.54 Å². The Morgan fingerprint density at radius 2 is 2.13 bits per heavy atom. The Morgan fingerprint density at radius 3 is 2.53 bits per heavy atom. The third-order valence-corrected chi connectivity index (χ3v) is 2.51.